The van der Waals surface area contributed by atoms with Gasteiger partial charge in [0, 0.05) is 56.8 Å². The van der Waals surface area contributed by atoms with Crippen LogP contribution in [0.1, 0.15) is 56.6 Å². The molecule has 0 amide bonds. The molecule has 5 rings (SSSR count). The third-order valence-corrected chi connectivity index (χ3v) is 7.06. The van der Waals surface area contributed by atoms with Gasteiger partial charge in [-0.2, -0.15) is 0 Å². The molecule has 1 unspecified atom stereocenters. The molecule has 3 aliphatic heterocycles. The average Bonchev–Trinajstić information content (AvgIpc) is 3.51. The first-order valence-corrected chi connectivity index (χ1v) is 10.8. The number of piperidine rings is 2. The molecular weight excluding hydrogens is 356 g/mol. The van der Waals surface area contributed by atoms with Crippen LogP contribution in [-0.2, 0) is 9.53 Å². The number of nitrogens with zero attached hydrogens (tertiary/aromatic N) is 4. The van der Waals surface area contributed by atoms with Gasteiger partial charge in [-0.25, -0.2) is 9.97 Å². The summed E-state index contributed by atoms with van der Waals surface area (Å²) in [7, 11) is 0. The third-order valence-electron chi connectivity index (χ3n) is 7.06. The van der Waals surface area contributed by atoms with E-state index in [1.165, 1.54) is 12.8 Å². The Hall–Kier alpha value is -1.73. The van der Waals surface area contributed by atoms with E-state index in [1.807, 2.05) is 0 Å². The molecule has 0 radical (unpaired) electrons. The first-order valence-electron chi connectivity index (χ1n) is 10.8. The van der Waals surface area contributed by atoms with Crippen molar-refractivity contribution in [3.8, 4) is 0 Å². The minimum absolute atomic E-state index is 0.00412. The fraction of sp³-hybridized carbons (Fsp3) is 0.762. The zero-order valence-electron chi connectivity index (χ0n) is 16.4. The summed E-state index contributed by atoms with van der Waals surface area (Å²) in [5.41, 5.74) is 0.847. The van der Waals surface area contributed by atoms with Crippen LogP contribution >= 0.6 is 0 Å². The molecule has 1 aromatic heterocycles. The number of aliphatic hydroxyl groups excluding tert-OH is 1. The van der Waals surface area contributed by atoms with Crippen LogP contribution in [-0.4, -0.2) is 70.9 Å². The van der Waals surface area contributed by atoms with Crippen LogP contribution < -0.4 is 4.90 Å². The quantitative estimate of drug-likeness (QED) is 0.789. The van der Waals surface area contributed by atoms with Crippen LogP contribution in [0.4, 0.5) is 5.82 Å². The van der Waals surface area contributed by atoms with Crippen LogP contribution in [0, 0.1) is 5.41 Å². The van der Waals surface area contributed by atoms with Crippen molar-refractivity contribution in [3.63, 3.8) is 0 Å². The minimum atomic E-state index is -0.317. The summed E-state index contributed by atoms with van der Waals surface area (Å²) in [5, 5.41) is 9.67. The van der Waals surface area contributed by atoms with Gasteiger partial charge in [-0.3, -0.25) is 9.69 Å². The summed E-state index contributed by atoms with van der Waals surface area (Å²) in [6.45, 7) is 4.29. The maximum Gasteiger partial charge on any atom is 0.312 e. The van der Waals surface area contributed by atoms with Gasteiger partial charge >= 0.3 is 5.97 Å². The Balaban J connectivity index is 1.18. The Morgan fingerprint density at radius 3 is 2.57 bits per heavy atom. The lowest BCUT2D eigenvalue weighted by molar-refractivity contribution is -0.150. The molecule has 4 heterocycles. The number of hydrogen-bond donors (Lipinski definition) is 1. The number of likely N-dealkylation sites (tertiary alicyclic amines) is 1. The van der Waals surface area contributed by atoms with E-state index in [4.69, 9.17) is 4.74 Å². The fourth-order valence-electron chi connectivity index (χ4n) is 5.04. The van der Waals surface area contributed by atoms with Crippen molar-refractivity contribution in [2.45, 2.75) is 63.1 Å². The number of aromatic nitrogens is 2. The summed E-state index contributed by atoms with van der Waals surface area (Å²) < 4.78 is 5.80. The molecule has 1 saturated carbocycles. The van der Waals surface area contributed by atoms with Crippen molar-refractivity contribution in [1.29, 1.82) is 0 Å². The normalized spacial score (nSPS) is 28.7. The highest BCUT2D eigenvalue weighted by molar-refractivity contribution is 5.79. The molecule has 7 heteroatoms. The number of anilines is 1. The number of rotatable bonds is 4. The maximum atomic E-state index is 12.7. The molecule has 0 bridgehead atoms. The van der Waals surface area contributed by atoms with E-state index >= 15 is 0 Å². The largest absolute Gasteiger partial charge is 0.461 e. The van der Waals surface area contributed by atoms with E-state index in [2.05, 4.69) is 25.8 Å². The molecule has 4 fully saturated rings. The number of hydrogen-bond acceptors (Lipinski definition) is 7. The standard InChI is InChI=1S/C21H30N4O3/c26-16-3-7-24(8-4-16)13-17-12-21(20(27)28-17)5-9-25(10-6-21)19-11-18(15-1-2-15)22-14-23-19/h11,14-17,26H,1-10,12-13H2. The summed E-state index contributed by atoms with van der Waals surface area (Å²) >= 11 is 0. The van der Waals surface area contributed by atoms with Gasteiger partial charge in [-0.15, -0.1) is 0 Å². The highest BCUT2D eigenvalue weighted by atomic mass is 16.6. The third kappa shape index (κ3) is 3.62. The van der Waals surface area contributed by atoms with Crippen molar-refractivity contribution in [2.24, 2.45) is 5.41 Å². The fourth-order valence-corrected chi connectivity index (χ4v) is 5.04. The van der Waals surface area contributed by atoms with E-state index in [0.29, 0.717) is 5.92 Å². The second kappa shape index (κ2) is 7.26. The maximum absolute atomic E-state index is 12.7. The van der Waals surface area contributed by atoms with Crippen LogP contribution in [0.3, 0.4) is 0 Å². The number of carbonyl (C=O) groups excluding carboxylic acids is 1. The van der Waals surface area contributed by atoms with Gasteiger partial charge in [0.2, 0.25) is 0 Å². The SMILES string of the molecule is O=C1OC(CN2CCC(O)CC2)CC12CCN(c1cc(C3CC3)ncn1)CC2. The number of carbonyl (C=O) groups is 1. The summed E-state index contributed by atoms with van der Waals surface area (Å²) in [6.07, 6.45) is 8.14. The molecule has 28 heavy (non-hydrogen) atoms. The minimum Gasteiger partial charge on any atom is -0.461 e. The highest BCUT2D eigenvalue weighted by Crippen LogP contribution is 2.44. The number of esters is 1. The predicted molar refractivity (Wildman–Crippen MR) is 104 cm³/mol. The monoisotopic (exact) mass is 386 g/mol. The van der Waals surface area contributed by atoms with Crippen LogP contribution in [0.5, 0.6) is 0 Å². The molecule has 7 nitrogen and oxygen atoms in total. The molecule has 4 aliphatic rings. The molecule has 0 aromatic carbocycles. The molecule has 1 N–H and O–H groups in total. The molecule has 152 valence electrons. The van der Waals surface area contributed by atoms with Crippen molar-refractivity contribution < 1.29 is 14.6 Å². The number of ether oxygens (including phenoxy) is 1. The van der Waals surface area contributed by atoms with Gasteiger partial charge in [0.15, 0.2) is 0 Å². The van der Waals surface area contributed by atoms with Gasteiger partial charge < -0.3 is 14.7 Å². The molecule has 3 saturated heterocycles. The second-order valence-corrected chi connectivity index (χ2v) is 9.11. The van der Waals surface area contributed by atoms with Gasteiger partial charge in [-0.1, -0.05) is 0 Å². The highest BCUT2D eigenvalue weighted by Gasteiger charge is 2.50. The summed E-state index contributed by atoms with van der Waals surface area (Å²) in [4.78, 5) is 26.2. The zero-order chi connectivity index (χ0) is 19.1. The lowest BCUT2D eigenvalue weighted by Gasteiger charge is -2.37. The smallest absolute Gasteiger partial charge is 0.312 e. The Labute approximate surface area is 166 Å². The van der Waals surface area contributed by atoms with E-state index in [0.717, 1.165) is 76.3 Å². The Morgan fingerprint density at radius 2 is 1.86 bits per heavy atom. The van der Waals surface area contributed by atoms with Crippen molar-refractivity contribution in [1.82, 2.24) is 14.9 Å². The van der Waals surface area contributed by atoms with Gasteiger partial charge in [-0.05, 0) is 38.5 Å². The summed E-state index contributed by atoms with van der Waals surface area (Å²) in [6, 6.07) is 2.14. The van der Waals surface area contributed by atoms with Gasteiger partial charge in [0.1, 0.15) is 18.2 Å². The molecule has 1 aromatic rings. The molecule has 1 spiro atoms. The first kappa shape index (κ1) is 18.3. The Kier molecular flexibility index (Phi) is 4.75. The number of cyclic esters (lactones) is 1. The van der Waals surface area contributed by atoms with E-state index < -0.39 is 0 Å². The predicted octanol–water partition coefficient (Wildman–Crippen LogP) is 1.71. The lowest BCUT2D eigenvalue weighted by Crippen LogP contribution is -2.43. The Bertz CT molecular complexity index is 722. The average molecular weight is 386 g/mol. The van der Waals surface area contributed by atoms with E-state index in [-0.39, 0.29) is 23.6 Å². The number of aliphatic hydroxyl groups is 1. The van der Waals surface area contributed by atoms with E-state index in [1.54, 1.807) is 6.33 Å². The van der Waals surface area contributed by atoms with Crippen LogP contribution in [0.15, 0.2) is 12.4 Å². The van der Waals surface area contributed by atoms with Crippen LogP contribution in [0.25, 0.3) is 0 Å². The molecule has 1 atom stereocenters. The molecule has 1 aliphatic carbocycles. The van der Waals surface area contributed by atoms with Crippen molar-refractivity contribution in [3.05, 3.63) is 18.1 Å². The van der Waals surface area contributed by atoms with E-state index in [9.17, 15) is 9.90 Å². The molecular formula is C21H30N4O3. The van der Waals surface area contributed by atoms with Gasteiger partial charge in [0.05, 0.1) is 11.5 Å². The summed E-state index contributed by atoms with van der Waals surface area (Å²) in [5.74, 6) is 1.62. The second-order valence-electron chi connectivity index (χ2n) is 9.11. The van der Waals surface area contributed by atoms with Crippen molar-refractivity contribution in [2.75, 3.05) is 37.6 Å². The van der Waals surface area contributed by atoms with Crippen LogP contribution in [0.2, 0.25) is 0 Å². The van der Waals surface area contributed by atoms with Gasteiger partial charge in [0.25, 0.3) is 0 Å². The first-order chi connectivity index (χ1) is 13.6. The lowest BCUT2D eigenvalue weighted by atomic mass is 9.76. The Morgan fingerprint density at radius 1 is 1.11 bits per heavy atom. The van der Waals surface area contributed by atoms with Crippen molar-refractivity contribution >= 4 is 11.8 Å². The zero-order valence-corrected chi connectivity index (χ0v) is 16.4. The topological polar surface area (TPSA) is 78.8 Å².